The summed E-state index contributed by atoms with van der Waals surface area (Å²) >= 11 is 0. The van der Waals surface area contributed by atoms with E-state index in [1.54, 1.807) is 0 Å². The van der Waals surface area contributed by atoms with Gasteiger partial charge in [0.1, 0.15) is 0 Å². The Morgan fingerprint density at radius 1 is 0.338 bits per heavy atom. The van der Waals surface area contributed by atoms with Crippen molar-refractivity contribution in [3.8, 4) is 44.5 Å². The Hall–Kier alpha value is -7.56. The maximum absolute atomic E-state index is 2.94. The number of hydrogen-bond donors (Lipinski definition) is 0. The molecule has 4 heteroatoms. The Balaban J connectivity index is 1.04. The summed E-state index contributed by atoms with van der Waals surface area (Å²) in [6.07, 6.45) is 9.57. The van der Waals surface area contributed by atoms with Gasteiger partial charge in [-0.1, -0.05) is 197 Å². The number of anilines is 7. The van der Waals surface area contributed by atoms with Crippen LogP contribution in [0.3, 0.4) is 0 Å². The number of benzene rings is 9. The van der Waals surface area contributed by atoms with Gasteiger partial charge < -0.3 is 14.7 Å². The van der Waals surface area contributed by atoms with Crippen molar-refractivity contribution in [2.75, 3.05) is 14.7 Å². The van der Waals surface area contributed by atoms with E-state index in [9.17, 15) is 0 Å². The highest BCUT2D eigenvalue weighted by atomic mass is 15.3. The van der Waals surface area contributed by atoms with E-state index >= 15 is 0 Å². The summed E-state index contributed by atoms with van der Waals surface area (Å²) in [5.74, 6) is 0. The van der Waals surface area contributed by atoms with Crippen molar-refractivity contribution in [3.05, 3.63) is 217 Å². The van der Waals surface area contributed by atoms with E-state index in [-0.39, 0.29) is 28.6 Å². The molecule has 2 fully saturated rings. The molecule has 0 N–H and O–H groups in total. The van der Waals surface area contributed by atoms with E-state index < -0.39 is 0 Å². The standard InChI is InChI=1S/C70H62BN3/c1-67-37-17-19-39-69(67,3)73(61-35-31-52(41-57(61)67)48-23-11-6-12-24-48)56-45-63-65-64(46-56)74-66-58(68(2)38-18-20-40-70(68,74)4)42-54(50-27-15-8-16-28-50)44-60(66)71(65)59-43-53(49-25-13-7-14-26-49)32-36-62(59)72(63)55-33-29-51(30-34-55)47-21-9-5-10-22-47/h5-16,21-36,41-46H,17-20,37-40H2,1-4H3. The molecule has 2 aliphatic carbocycles. The van der Waals surface area contributed by atoms with Crippen LogP contribution in [0.2, 0.25) is 0 Å². The van der Waals surface area contributed by atoms with Crippen molar-refractivity contribution in [1.82, 2.24) is 0 Å². The first kappa shape index (κ1) is 44.0. The van der Waals surface area contributed by atoms with Gasteiger partial charge in [-0.2, -0.15) is 0 Å². The van der Waals surface area contributed by atoms with Crippen LogP contribution in [0.1, 0.15) is 90.2 Å². The zero-order chi connectivity index (χ0) is 49.6. The third-order valence-electron chi connectivity index (χ3n) is 19.9. The summed E-state index contributed by atoms with van der Waals surface area (Å²) in [5, 5.41) is 0. The quantitative estimate of drug-likeness (QED) is 0.154. The normalized spacial score (nSPS) is 23.6. The Kier molecular flexibility index (Phi) is 9.49. The molecule has 4 heterocycles. The molecule has 2 saturated carbocycles. The number of nitrogens with zero attached hydrogens (tertiary/aromatic N) is 3. The summed E-state index contributed by atoms with van der Waals surface area (Å²) in [4.78, 5) is 8.44. The zero-order valence-electron chi connectivity index (χ0n) is 43.2. The van der Waals surface area contributed by atoms with Gasteiger partial charge in [0.2, 0.25) is 0 Å². The Bertz CT molecular complexity index is 3710. The lowest BCUT2D eigenvalue weighted by molar-refractivity contribution is 0.194. The van der Waals surface area contributed by atoms with E-state index in [0.717, 1.165) is 12.8 Å². The molecule has 0 saturated heterocycles. The van der Waals surface area contributed by atoms with Gasteiger partial charge in [-0.3, -0.25) is 0 Å². The van der Waals surface area contributed by atoms with Crippen molar-refractivity contribution in [2.45, 2.75) is 101 Å². The van der Waals surface area contributed by atoms with E-state index in [1.165, 1.54) is 150 Å². The highest BCUT2D eigenvalue weighted by Crippen LogP contribution is 2.65. The van der Waals surface area contributed by atoms with E-state index in [2.05, 4.69) is 249 Å². The molecule has 9 aromatic rings. The largest absolute Gasteiger partial charge is 0.335 e. The van der Waals surface area contributed by atoms with Crippen LogP contribution in [0.15, 0.2) is 206 Å². The van der Waals surface area contributed by atoms with E-state index in [1.807, 2.05) is 0 Å². The van der Waals surface area contributed by atoms with Crippen molar-refractivity contribution in [3.63, 3.8) is 0 Å². The Labute approximate surface area is 438 Å². The fourth-order valence-corrected chi connectivity index (χ4v) is 15.7. The van der Waals surface area contributed by atoms with Crippen molar-refractivity contribution in [1.29, 1.82) is 0 Å². The third-order valence-corrected chi connectivity index (χ3v) is 19.9. The molecule has 15 rings (SSSR count). The summed E-state index contributed by atoms with van der Waals surface area (Å²) in [7, 11) is 0. The van der Waals surface area contributed by atoms with Gasteiger partial charge in [0, 0.05) is 50.6 Å². The molecule has 0 amide bonds. The van der Waals surface area contributed by atoms with Crippen molar-refractivity contribution in [2.24, 2.45) is 0 Å². The number of rotatable bonds is 6. The SMILES string of the molecule is CC12CCCCC1(C)N(c1cc3c4c(c1)N1c5c(cc(-c6ccccc6)cc5C5(C)CCCCC15C)B4c1cc(-c4ccccc4)ccc1N3c1ccc(-c3ccccc3)cc1)c1ccc(-c3ccccc3)cc12. The van der Waals surface area contributed by atoms with Crippen LogP contribution in [-0.4, -0.2) is 17.8 Å². The number of hydrogen-bond acceptors (Lipinski definition) is 3. The highest BCUT2D eigenvalue weighted by Gasteiger charge is 2.63. The smallest absolute Gasteiger partial charge is 0.252 e. The second-order valence-corrected chi connectivity index (χ2v) is 23.4. The monoisotopic (exact) mass is 956 g/mol. The number of fused-ring (bicyclic) bond motifs is 10. The summed E-state index contributed by atoms with van der Waals surface area (Å²) in [6, 6.07) is 78.9. The predicted molar refractivity (Wildman–Crippen MR) is 313 cm³/mol. The lowest BCUT2D eigenvalue weighted by Crippen LogP contribution is -2.64. The maximum atomic E-state index is 2.94. The lowest BCUT2D eigenvalue weighted by atomic mass is 9.33. The van der Waals surface area contributed by atoms with Gasteiger partial charge >= 0.3 is 0 Å². The molecule has 9 aromatic carbocycles. The fraction of sp³-hybridized carbons (Fsp3) is 0.229. The van der Waals surface area contributed by atoms with Gasteiger partial charge in [-0.05, 0) is 160 Å². The summed E-state index contributed by atoms with van der Waals surface area (Å²) < 4.78 is 0. The maximum Gasteiger partial charge on any atom is 0.252 e. The van der Waals surface area contributed by atoms with Gasteiger partial charge in [-0.15, -0.1) is 0 Å². The van der Waals surface area contributed by atoms with Gasteiger partial charge in [0.15, 0.2) is 0 Å². The molecular weight excluding hydrogens is 894 g/mol. The lowest BCUT2D eigenvalue weighted by Gasteiger charge is -2.53. The molecule has 0 aromatic heterocycles. The molecule has 74 heavy (non-hydrogen) atoms. The van der Waals surface area contributed by atoms with Gasteiger partial charge in [0.05, 0.1) is 11.1 Å². The van der Waals surface area contributed by atoms with Crippen LogP contribution >= 0.6 is 0 Å². The molecule has 0 bridgehead atoms. The minimum atomic E-state index is -0.140. The molecule has 4 aliphatic heterocycles. The van der Waals surface area contributed by atoms with E-state index in [4.69, 9.17) is 0 Å². The molecular formula is C70H62BN3. The van der Waals surface area contributed by atoms with Crippen LogP contribution in [0, 0.1) is 0 Å². The minimum absolute atomic E-state index is 0.00315. The fourth-order valence-electron chi connectivity index (χ4n) is 15.7. The molecule has 360 valence electrons. The molecule has 4 atom stereocenters. The van der Waals surface area contributed by atoms with Crippen LogP contribution in [-0.2, 0) is 10.8 Å². The first-order valence-electron chi connectivity index (χ1n) is 27.5. The van der Waals surface area contributed by atoms with Crippen LogP contribution in [0.4, 0.5) is 39.8 Å². The van der Waals surface area contributed by atoms with E-state index in [0.29, 0.717) is 0 Å². The average Bonchev–Trinajstić information content (AvgIpc) is 3.80. The summed E-state index contributed by atoms with van der Waals surface area (Å²) in [5.41, 5.74) is 26.3. The van der Waals surface area contributed by atoms with Crippen molar-refractivity contribution < 1.29 is 0 Å². The second kappa shape index (κ2) is 16.0. The van der Waals surface area contributed by atoms with Crippen molar-refractivity contribution >= 4 is 62.9 Å². The molecule has 4 unspecified atom stereocenters. The Morgan fingerprint density at radius 3 is 1.39 bits per heavy atom. The molecule has 3 nitrogen and oxygen atoms in total. The molecule has 6 aliphatic rings. The first-order valence-corrected chi connectivity index (χ1v) is 27.5. The van der Waals surface area contributed by atoms with Crippen LogP contribution in [0.5, 0.6) is 0 Å². The minimum Gasteiger partial charge on any atom is -0.335 e. The first-order chi connectivity index (χ1) is 36.2. The Morgan fingerprint density at radius 2 is 0.784 bits per heavy atom. The predicted octanol–water partition coefficient (Wildman–Crippen LogP) is 16.5. The second-order valence-electron chi connectivity index (χ2n) is 23.4. The molecule has 0 spiro atoms. The van der Waals surface area contributed by atoms with Gasteiger partial charge in [-0.25, -0.2) is 0 Å². The third kappa shape index (κ3) is 5.97. The highest BCUT2D eigenvalue weighted by molar-refractivity contribution is 7.00. The van der Waals surface area contributed by atoms with Crippen LogP contribution < -0.4 is 31.1 Å². The topological polar surface area (TPSA) is 9.72 Å². The van der Waals surface area contributed by atoms with Crippen LogP contribution in [0.25, 0.3) is 44.5 Å². The zero-order valence-corrected chi connectivity index (χ0v) is 43.2. The average molecular weight is 956 g/mol. The van der Waals surface area contributed by atoms with Gasteiger partial charge in [0.25, 0.3) is 6.71 Å². The summed E-state index contributed by atoms with van der Waals surface area (Å²) in [6.45, 7) is 10.5. The molecule has 0 radical (unpaired) electrons.